The summed E-state index contributed by atoms with van der Waals surface area (Å²) in [5.41, 5.74) is 8.57. The molecule has 21 heavy (non-hydrogen) atoms. The van der Waals surface area contributed by atoms with E-state index in [1.165, 1.54) is 21.1 Å². The molecule has 2 aromatic heterocycles. The number of benzene rings is 1. The van der Waals surface area contributed by atoms with Gasteiger partial charge in [-0.2, -0.15) is 11.8 Å². The molecule has 108 valence electrons. The summed E-state index contributed by atoms with van der Waals surface area (Å²) in [5.74, 6) is 3.09. The maximum Gasteiger partial charge on any atom is 0.152 e. The van der Waals surface area contributed by atoms with Gasteiger partial charge in [0.1, 0.15) is 5.76 Å². The monoisotopic (exact) mass is 335 g/mol. The molecule has 4 rings (SSSR count). The quantitative estimate of drug-likeness (QED) is 0.717. The Bertz CT molecular complexity index is 784. The normalized spacial score (nSPS) is 16.1. The highest BCUT2D eigenvalue weighted by Crippen LogP contribution is 2.37. The minimum Gasteiger partial charge on any atom is -0.457 e. The van der Waals surface area contributed by atoms with Crippen LogP contribution in [0.1, 0.15) is 27.1 Å². The summed E-state index contributed by atoms with van der Waals surface area (Å²) in [5, 5.41) is 1.64. The van der Waals surface area contributed by atoms with Crippen molar-refractivity contribution < 1.29 is 4.42 Å². The van der Waals surface area contributed by atoms with Gasteiger partial charge in [0.15, 0.2) is 5.58 Å². The Hall–Kier alpha value is -0.940. The van der Waals surface area contributed by atoms with Gasteiger partial charge in [-0.05, 0) is 35.9 Å². The predicted octanol–water partition coefficient (Wildman–Crippen LogP) is 4.99. The first-order valence-corrected chi connectivity index (χ1v) is 9.20. The second-order valence-electron chi connectivity index (χ2n) is 5.18. The number of thiophene rings is 1. The minimum absolute atomic E-state index is 0.214. The maximum atomic E-state index is 6.41. The zero-order valence-corrected chi connectivity index (χ0v) is 13.7. The van der Waals surface area contributed by atoms with Crippen LogP contribution < -0.4 is 5.73 Å². The van der Waals surface area contributed by atoms with E-state index in [2.05, 4.69) is 6.07 Å². The molecule has 5 heteroatoms. The van der Waals surface area contributed by atoms with Crippen LogP contribution in [0.25, 0.3) is 11.0 Å². The van der Waals surface area contributed by atoms with Gasteiger partial charge in [-0.15, -0.1) is 11.3 Å². The lowest BCUT2D eigenvalue weighted by molar-refractivity contribution is 0.528. The Morgan fingerprint density at radius 2 is 2.19 bits per heavy atom. The van der Waals surface area contributed by atoms with E-state index in [1.54, 1.807) is 0 Å². The molecular formula is C16H14ClNOS2. The van der Waals surface area contributed by atoms with E-state index >= 15 is 0 Å². The highest BCUT2D eigenvalue weighted by Gasteiger charge is 2.21. The van der Waals surface area contributed by atoms with Gasteiger partial charge < -0.3 is 10.2 Å². The SMILES string of the molecule is NC(c1cc2cccc(Cl)c2o1)c1cc2c(s1)CCSC2. The van der Waals surface area contributed by atoms with Gasteiger partial charge in [0.2, 0.25) is 0 Å². The molecule has 0 amide bonds. The standard InChI is InChI=1S/C16H14ClNOS2/c17-11-3-1-2-9-6-12(19-16(9)11)15(18)14-7-10-8-20-5-4-13(10)21-14/h1-3,6-7,15H,4-5,8,18H2. The molecule has 1 aliphatic heterocycles. The molecule has 0 saturated heterocycles. The van der Waals surface area contributed by atoms with E-state index in [-0.39, 0.29) is 6.04 Å². The van der Waals surface area contributed by atoms with Crippen LogP contribution in [0.4, 0.5) is 0 Å². The Morgan fingerprint density at radius 3 is 3.00 bits per heavy atom. The Labute approximate surface area is 136 Å². The van der Waals surface area contributed by atoms with Gasteiger partial charge in [-0.25, -0.2) is 0 Å². The van der Waals surface area contributed by atoms with Crippen molar-refractivity contribution in [2.45, 2.75) is 18.2 Å². The molecule has 1 atom stereocenters. The summed E-state index contributed by atoms with van der Waals surface area (Å²) in [6.45, 7) is 0. The second-order valence-corrected chi connectivity index (χ2v) is 7.87. The van der Waals surface area contributed by atoms with Crippen LogP contribution in [-0.4, -0.2) is 5.75 Å². The number of hydrogen-bond acceptors (Lipinski definition) is 4. The van der Waals surface area contributed by atoms with Crippen molar-refractivity contribution in [3.63, 3.8) is 0 Å². The smallest absolute Gasteiger partial charge is 0.152 e. The van der Waals surface area contributed by atoms with Crippen molar-refractivity contribution in [2.24, 2.45) is 5.73 Å². The van der Waals surface area contributed by atoms with Crippen LogP contribution >= 0.6 is 34.7 Å². The third kappa shape index (κ3) is 2.40. The van der Waals surface area contributed by atoms with E-state index in [1.807, 2.05) is 47.4 Å². The van der Waals surface area contributed by atoms with Crippen molar-refractivity contribution >= 4 is 45.7 Å². The summed E-state index contributed by atoms with van der Waals surface area (Å²) in [4.78, 5) is 2.66. The highest BCUT2D eigenvalue weighted by atomic mass is 35.5. The maximum absolute atomic E-state index is 6.41. The topological polar surface area (TPSA) is 39.2 Å². The average Bonchev–Trinajstić information content (AvgIpc) is 3.11. The average molecular weight is 336 g/mol. The molecule has 1 aromatic carbocycles. The van der Waals surface area contributed by atoms with Crippen LogP contribution in [0.2, 0.25) is 5.02 Å². The molecule has 1 aliphatic rings. The summed E-state index contributed by atoms with van der Waals surface area (Å²) >= 11 is 9.98. The number of nitrogens with two attached hydrogens (primary N) is 1. The summed E-state index contributed by atoms with van der Waals surface area (Å²) in [7, 11) is 0. The van der Waals surface area contributed by atoms with E-state index in [0.717, 1.165) is 28.9 Å². The first kappa shape index (κ1) is 13.7. The molecular weight excluding hydrogens is 322 g/mol. The molecule has 2 N–H and O–H groups in total. The molecule has 3 aromatic rings. The van der Waals surface area contributed by atoms with E-state index in [4.69, 9.17) is 21.8 Å². The van der Waals surface area contributed by atoms with Gasteiger partial charge >= 0.3 is 0 Å². The molecule has 0 spiro atoms. The zero-order valence-electron chi connectivity index (χ0n) is 11.3. The Kier molecular flexibility index (Phi) is 3.50. The van der Waals surface area contributed by atoms with Crippen molar-refractivity contribution in [3.05, 3.63) is 56.4 Å². The Morgan fingerprint density at radius 1 is 1.29 bits per heavy atom. The van der Waals surface area contributed by atoms with E-state index in [9.17, 15) is 0 Å². The predicted molar refractivity (Wildman–Crippen MR) is 91.4 cm³/mol. The first-order chi connectivity index (χ1) is 10.2. The lowest BCUT2D eigenvalue weighted by Gasteiger charge is -2.08. The molecule has 2 nitrogen and oxygen atoms in total. The van der Waals surface area contributed by atoms with E-state index < -0.39 is 0 Å². The van der Waals surface area contributed by atoms with Gasteiger partial charge in [0, 0.05) is 20.9 Å². The fourth-order valence-electron chi connectivity index (χ4n) is 2.66. The van der Waals surface area contributed by atoms with E-state index in [0.29, 0.717) is 5.02 Å². The summed E-state index contributed by atoms with van der Waals surface area (Å²) < 4.78 is 5.89. The Balaban J connectivity index is 1.73. The van der Waals surface area contributed by atoms with Crippen LogP contribution in [0.5, 0.6) is 0 Å². The second kappa shape index (κ2) is 5.36. The largest absolute Gasteiger partial charge is 0.457 e. The summed E-state index contributed by atoms with van der Waals surface area (Å²) in [6, 6.07) is 9.79. The van der Waals surface area contributed by atoms with Crippen molar-refractivity contribution in [1.82, 2.24) is 0 Å². The molecule has 0 radical (unpaired) electrons. The number of para-hydroxylation sites is 1. The molecule has 1 unspecified atom stereocenters. The molecule has 0 bridgehead atoms. The molecule has 0 saturated carbocycles. The fraction of sp³-hybridized carbons (Fsp3) is 0.250. The summed E-state index contributed by atoms with van der Waals surface area (Å²) in [6.07, 6.45) is 1.16. The third-order valence-corrected chi connectivity index (χ3v) is 6.40. The van der Waals surface area contributed by atoms with Crippen LogP contribution in [-0.2, 0) is 12.2 Å². The lowest BCUT2D eigenvalue weighted by atomic mass is 10.1. The van der Waals surface area contributed by atoms with Gasteiger partial charge in [0.25, 0.3) is 0 Å². The number of fused-ring (bicyclic) bond motifs is 2. The van der Waals surface area contributed by atoms with Gasteiger partial charge in [-0.1, -0.05) is 23.7 Å². The highest BCUT2D eigenvalue weighted by molar-refractivity contribution is 7.98. The number of hydrogen-bond donors (Lipinski definition) is 1. The lowest BCUT2D eigenvalue weighted by Crippen LogP contribution is -2.08. The molecule has 3 heterocycles. The van der Waals surface area contributed by atoms with Crippen molar-refractivity contribution in [3.8, 4) is 0 Å². The van der Waals surface area contributed by atoms with Crippen molar-refractivity contribution in [1.29, 1.82) is 0 Å². The number of thioether (sulfide) groups is 1. The third-order valence-electron chi connectivity index (χ3n) is 3.77. The van der Waals surface area contributed by atoms with Crippen molar-refractivity contribution in [2.75, 3.05) is 5.75 Å². The van der Waals surface area contributed by atoms with Crippen LogP contribution in [0, 0.1) is 0 Å². The van der Waals surface area contributed by atoms with Crippen LogP contribution in [0.15, 0.2) is 34.7 Å². The minimum atomic E-state index is -0.214. The first-order valence-electron chi connectivity index (χ1n) is 6.85. The molecule has 0 fully saturated rings. The number of aryl methyl sites for hydroxylation is 1. The number of rotatable bonds is 2. The number of halogens is 1. The number of furan rings is 1. The fourth-order valence-corrected chi connectivity index (χ4v) is 5.27. The van der Waals surface area contributed by atoms with Crippen LogP contribution in [0.3, 0.4) is 0 Å². The van der Waals surface area contributed by atoms with Gasteiger partial charge in [0.05, 0.1) is 11.1 Å². The molecule has 0 aliphatic carbocycles. The zero-order chi connectivity index (χ0) is 14.4. The van der Waals surface area contributed by atoms with Gasteiger partial charge in [-0.3, -0.25) is 0 Å².